The normalized spacial score (nSPS) is 14.8. The van der Waals surface area contributed by atoms with Crippen molar-refractivity contribution in [3.8, 4) is 5.75 Å². The number of aromatic nitrogens is 2. The Bertz CT molecular complexity index is 1100. The predicted octanol–water partition coefficient (Wildman–Crippen LogP) is 4.46. The fourth-order valence-corrected chi connectivity index (χ4v) is 4.25. The molecule has 2 aromatic carbocycles. The summed E-state index contributed by atoms with van der Waals surface area (Å²) >= 11 is 0. The van der Waals surface area contributed by atoms with Crippen LogP contribution in [0, 0.1) is 5.82 Å². The van der Waals surface area contributed by atoms with Crippen molar-refractivity contribution in [2.75, 3.05) is 12.0 Å². The molecule has 1 saturated carbocycles. The first kappa shape index (κ1) is 23.4. The number of hydrogen-bond acceptors (Lipinski definition) is 5. The number of carbonyl (C=O) groups excluding carboxylic acids is 2. The largest absolute Gasteiger partial charge is 0.497 e. The van der Waals surface area contributed by atoms with E-state index >= 15 is 0 Å². The summed E-state index contributed by atoms with van der Waals surface area (Å²) in [6.07, 6.45) is 9.29. The van der Waals surface area contributed by atoms with Gasteiger partial charge in [-0.25, -0.2) is 9.37 Å². The Morgan fingerprint density at radius 1 is 1.03 bits per heavy atom. The lowest BCUT2D eigenvalue weighted by molar-refractivity contribution is -0.123. The van der Waals surface area contributed by atoms with Crippen LogP contribution in [-0.2, 0) is 4.79 Å². The fraction of sp³-hybridized carbons (Fsp3) is 0.308. The van der Waals surface area contributed by atoms with E-state index in [9.17, 15) is 14.0 Å². The van der Waals surface area contributed by atoms with E-state index in [0.717, 1.165) is 32.1 Å². The van der Waals surface area contributed by atoms with E-state index < -0.39 is 17.8 Å². The van der Waals surface area contributed by atoms with Gasteiger partial charge in [-0.1, -0.05) is 31.4 Å². The zero-order valence-electron chi connectivity index (χ0n) is 19.0. The second-order valence-electron chi connectivity index (χ2n) is 8.26. The molecule has 1 fully saturated rings. The molecule has 1 aromatic heterocycles. The number of rotatable bonds is 7. The van der Waals surface area contributed by atoms with Gasteiger partial charge >= 0.3 is 0 Å². The Kier molecular flexibility index (Phi) is 7.47. The molecule has 34 heavy (non-hydrogen) atoms. The van der Waals surface area contributed by atoms with Crippen molar-refractivity contribution >= 4 is 17.5 Å². The van der Waals surface area contributed by atoms with Crippen LogP contribution in [0.25, 0.3) is 0 Å². The van der Waals surface area contributed by atoms with Gasteiger partial charge in [0.05, 0.1) is 13.3 Å². The van der Waals surface area contributed by atoms with Crippen LogP contribution in [-0.4, -0.2) is 34.9 Å². The van der Waals surface area contributed by atoms with Crippen LogP contribution < -0.4 is 15.0 Å². The fourth-order valence-electron chi connectivity index (χ4n) is 4.25. The molecule has 7 nitrogen and oxygen atoms in total. The van der Waals surface area contributed by atoms with Crippen molar-refractivity contribution in [3.63, 3.8) is 0 Å². The summed E-state index contributed by atoms with van der Waals surface area (Å²) in [6.45, 7) is 0. The molecule has 3 aromatic rings. The van der Waals surface area contributed by atoms with Crippen LogP contribution in [0.2, 0.25) is 0 Å². The molecule has 0 bridgehead atoms. The van der Waals surface area contributed by atoms with E-state index in [0.29, 0.717) is 17.0 Å². The van der Waals surface area contributed by atoms with E-state index in [2.05, 4.69) is 15.3 Å². The van der Waals surface area contributed by atoms with Gasteiger partial charge in [0, 0.05) is 24.1 Å². The molecule has 4 rings (SSSR count). The summed E-state index contributed by atoms with van der Waals surface area (Å²) in [4.78, 5) is 36.9. The van der Waals surface area contributed by atoms with E-state index in [1.165, 1.54) is 47.8 Å². The van der Waals surface area contributed by atoms with Crippen LogP contribution >= 0.6 is 0 Å². The lowest BCUT2D eigenvalue weighted by Gasteiger charge is -2.33. The van der Waals surface area contributed by atoms with Crippen molar-refractivity contribution in [1.82, 2.24) is 15.3 Å². The van der Waals surface area contributed by atoms with Crippen LogP contribution in [0.15, 0.2) is 67.1 Å². The van der Waals surface area contributed by atoms with Gasteiger partial charge < -0.3 is 10.1 Å². The maximum absolute atomic E-state index is 13.7. The molecule has 0 saturated heterocycles. The van der Waals surface area contributed by atoms with E-state index in [1.807, 2.05) is 0 Å². The van der Waals surface area contributed by atoms with Crippen LogP contribution in [0.4, 0.5) is 10.1 Å². The highest BCUT2D eigenvalue weighted by Crippen LogP contribution is 2.31. The summed E-state index contributed by atoms with van der Waals surface area (Å²) in [7, 11) is 1.56. The van der Waals surface area contributed by atoms with Gasteiger partial charge in [0.2, 0.25) is 5.91 Å². The van der Waals surface area contributed by atoms with Gasteiger partial charge in [-0.3, -0.25) is 19.5 Å². The van der Waals surface area contributed by atoms with Crippen molar-refractivity contribution in [1.29, 1.82) is 0 Å². The van der Waals surface area contributed by atoms with Crippen molar-refractivity contribution in [2.24, 2.45) is 0 Å². The highest BCUT2D eigenvalue weighted by atomic mass is 19.1. The van der Waals surface area contributed by atoms with Crippen molar-refractivity contribution < 1.29 is 18.7 Å². The number of carbonyl (C=O) groups is 2. The number of anilines is 1. The Hall–Kier alpha value is -3.81. The number of nitrogens with one attached hydrogen (secondary N) is 1. The van der Waals surface area contributed by atoms with Gasteiger partial charge in [0.1, 0.15) is 23.3 Å². The molecular weight excluding hydrogens is 435 g/mol. The monoisotopic (exact) mass is 462 g/mol. The first-order valence-electron chi connectivity index (χ1n) is 11.4. The maximum Gasteiger partial charge on any atom is 0.279 e. The number of hydrogen-bond donors (Lipinski definition) is 1. The van der Waals surface area contributed by atoms with Gasteiger partial charge in [-0.15, -0.1) is 0 Å². The number of benzene rings is 2. The summed E-state index contributed by atoms with van der Waals surface area (Å²) in [5.74, 6) is -0.634. The quantitative estimate of drug-likeness (QED) is 0.560. The third-order valence-electron chi connectivity index (χ3n) is 6.00. The highest BCUT2D eigenvalue weighted by Gasteiger charge is 2.35. The molecule has 176 valence electrons. The lowest BCUT2D eigenvalue weighted by atomic mass is 9.94. The Morgan fingerprint density at radius 3 is 2.35 bits per heavy atom. The number of methoxy groups -OCH3 is 1. The minimum Gasteiger partial charge on any atom is -0.497 e. The molecule has 0 radical (unpaired) electrons. The second-order valence-corrected chi connectivity index (χ2v) is 8.26. The maximum atomic E-state index is 13.7. The molecule has 8 heteroatoms. The van der Waals surface area contributed by atoms with Crippen molar-refractivity contribution in [2.45, 2.75) is 44.2 Å². The first-order chi connectivity index (χ1) is 16.6. The SMILES string of the molecule is COc1ccc([C@H](C(=O)NC2CCCCC2)N(C(=O)c2cnccn2)c2ccc(F)cc2)cc1. The smallest absolute Gasteiger partial charge is 0.279 e. The van der Waals surface area contributed by atoms with Crippen LogP contribution in [0.1, 0.15) is 54.2 Å². The van der Waals surface area contributed by atoms with Gasteiger partial charge in [0.15, 0.2) is 0 Å². The highest BCUT2D eigenvalue weighted by molar-refractivity contribution is 6.09. The predicted molar refractivity (Wildman–Crippen MR) is 126 cm³/mol. The zero-order chi connectivity index (χ0) is 23.9. The second kappa shape index (κ2) is 10.9. The molecular formula is C26H27FN4O3. The third kappa shape index (κ3) is 5.39. The molecule has 0 unspecified atom stereocenters. The first-order valence-corrected chi connectivity index (χ1v) is 11.4. The molecule has 1 aliphatic carbocycles. The summed E-state index contributed by atoms with van der Waals surface area (Å²) < 4.78 is 19.0. The molecule has 2 amide bonds. The number of halogens is 1. The third-order valence-corrected chi connectivity index (χ3v) is 6.00. The van der Waals surface area contributed by atoms with Gasteiger partial charge in [0.25, 0.3) is 5.91 Å². The molecule has 1 heterocycles. The molecule has 1 aliphatic rings. The van der Waals surface area contributed by atoms with E-state index in [1.54, 1.807) is 31.4 Å². The minimum atomic E-state index is -1.01. The number of amides is 2. The standard InChI is InChI=1S/C26H27FN4O3/c1-34-22-13-7-18(8-14-22)24(25(32)30-20-5-3-2-4-6-20)31(21-11-9-19(27)10-12-21)26(33)23-17-28-15-16-29-23/h7-17,20,24H,2-6H2,1H3,(H,30,32)/t24-/m1/s1. The number of nitrogens with zero attached hydrogens (tertiary/aromatic N) is 3. The molecule has 0 aliphatic heterocycles. The molecule has 1 N–H and O–H groups in total. The van der Waals surface area contributed by atoms with E-state index in [4.69, 9.17) is 4.74 Å². The van der Waals surface area contributed by atoms with Crippen LogP contribution in [0.5, 0.6) is 5.75 Å². The Labute approximate surface area is 198 Å². The summed E-state index contributed by atoms with van der Waals surface area (Å²) in [5, 5.41) is 3.14. The topological polar surface area (TPSA) is 84.4 Å². The van der Waals surface area contributed by atoms with E-state index in [-0.39, 0.29) is 17.6 Å². The van der Waals surface area contributed by atoms with Gasteiger partial charge in [-0.2, -0.15) is 0 Å². The molecule has 0 spiro atoms. The Morgan fingerprint density at radius 2 is 1.74 bits per heavy atom. The molecule has 1 atom stereocenters. The summed E-state index contributed by atoms with van der Waals surface area (Å²) in [6, 6.07) is 11.5. The lowest BCUT2D eigenvalue weighted by Crippen LogP contribution is -2.47. The Balaban J connectivity index is 1.79. The van der Waals surface area contributed by atoms with Crippen molar-refractivity contribution in [3.05, 3.63) is 84.2 Å². The average molecular weight is 463 g/mol. The zero-order valence-corrected chi connectivity index (χ0v) is 19.0. The van der Waals surface area contributed by atoms with Crippen LogP contribution in [0.3, 0.4) is 0 Å². The minimum absolute atomic E-state index is 0.0451. The number of ether oxygens (including phenoxy) is 1. The average Bonchev–Trinajstić information content (AvgIpc) is 2.89. The van der Waals surface area contributed by atoms with Gasteiger partial charge in [-0.05, 0) is 54.8 Å². The summed E-state index contributed by atoms with van der Waals surface area (Å²) in [5.41, 5.74) is 1.04.